The van der Waals surface area contributed by atoms with Crippen LogP contribution in [0.15, 0.2) is 24.3 Å². The summed E-state index contributed by atoms with van der Waals surface area (Å²) in [5, 5.41) is 0. The van der Waals surface area contributed by atoms with Crippen LogP contribution >= 0.6 is 0 Å². The lowest BCUT2D eigenvalue weighted by Crippen LogP contribution is -2.48. The highest BCUT2D eigenvalue weighted by atomic mass is 15.1. The highest BCUT2D eigenvalue weighted by Crippen LogP contribution is 2.56. The molecule has 5 rings (SSSR count). The molecule has 1 aromatic rings. The van der Waals surface area contributed by atoms with Gasteiger partial charge >= 0.3 is 0 Å². The van der Waals surface area contributed by atoms with Crippen LogP contribution in [0.25, 0.3) is 0 Å². The highest BCUT2D eigenvalue weighted by Gasteiger charge is 2.48. The maximum Gasteiger partial charge on any atom is 0.0597 e. The molecule has 0 heterocycles. The van der Waals surface area contributed by atoms with Gasteiger partial charge in [-0.3, -0.25) is 0 Å². The Labute approximate surface area is 122 Å². The van der Waals surface area contributed by atoms with E-state index in [2.05, 4.69) is 24.1 Å². The summed E-state index contributed by atoms with van der Waals surface area (Å²) in [5.41, 5.74) is 8.25. The molecule has 4 bridgehead atoms. The molecule has 2 N–H and O–H groups in total. The third-order valence-corrected chi connectivity index (χ3v) is 6.25. The van der Waals surface area contributed by atoms with Crippen molar-refractivity contribution in [3.63, 3.8) is 0 Å². The van der Waals surface area contributed by atoms with Crippen LogP contribution in [0.2, 0.25) is 0 Å². The zero-order chi connectivity index (χ0) is 13.7. The van der Waals surface area contributed by atoms with Crippen molar-refractivity contribution >= 4 is 11.4 Å². The monoisotopic (exact) mass is 270 g/mol. The number of nitrogen functional groups attached to an aromatic ring is 1. The zero-order valence-electron chi connectivity index (χ0n) is 12.5. The summed E-state index contributed by atoms with van der Waals surface area (Å²) in [5.74, 6) is 5.05. The molecule has 0 amide bonds. The summed E-state index contributed by atoms with van der Waals surface area (Å²) in [6, 6.07) is 8.29. The molecule has 0 aromatic heterocycles. The lowest BCUT2D eigenvalue weighted by atomic mass is 9.52. The van der Waals surface area contributed by atoms with Crippen LogP contribution in [0.3, 0.4) is 0 Å². The van der Waals surface area contributed by atoms with Gasteiger partial charge in [-0.25, -0.2) is 0 Å². The number of hydrogen-bond donors (Lipinski definition) is 1. The van der Waals surface area contributed by atoms with E-state index in [1.807, 2.05) is 12.1 Å². The number of benzene rings is 1. The van der Waals surface area contributed by atoms with Gasteiger partial charge < -0.3 is 10.6 Å². The van der Waals surface area contributed by atoms with Crippen molar-refractivity contribution in [2.75, 3.05) is 24.2 Å². The molecule has 0 saturated heterocycles. The van der Waals surface area contributed by atoms with E-state index in [1.54, 1.807) is 6.42 Å². The van der Waals surface area contributed by atoms with Crippen molar-refractivity contribution in [3.05, 3.63) is 24.3 Å². The van der Waals surface area contributed by atoms with Gasteiger partial charge in [0.15, 0.2) is 0 Å². The molecule has 4 aliphatic carbocycles. The summed E-state index contributed by atoms with van der Waals surface area (Å²) in [6.07, 6.45) is 7.58. The van der Waals surface area contributed by atoms with E-state index >= 15 is 0 Å². The maximum absolute atomic E-state index is 6.13. The third-order valence-electron chi connectivity index (χ3n) is 6.25. The van der Waals surface area contributed by atoms with Gasteiger partial charge in [-0.1, -0.05) is 12.1 Å². The Bertz CT molecular complexity index is 468. The van der Waals surface area contributed by atoms with Crippen LogP contribution in [-0.2, 0) is 0 Å². The van der Waals surface area contributed by atoms with E-state index < -0.39 is 0 Å². The van der Waals surface area contributed by atoms with Crippen LogP contribution in [0.1, 0.15) is 32.1 Å². The summed E-state index contributed by atoms with van der Waals surface area (Å²) in [6.45, 7) is 1.20. The van der Waals surface area contributed by atoms with E-state index in [0.29, 0.717) is 0 Å². The van der Waals surface area contributed by atoms with Gasteiger partial charge in [0, 0.05) is 13.6 Å². The van der Waals surface area contributed by atoms with Crippen molar-refractivity contribution in [1.82, 2.24) is 0 Å². The van der Waals surface area contributed by atoms with E-state index in [4.69, 9.17) is 5.73 Å². The van der Waals surface area contributed by atoms with Crippen LogP contribution in [0.4, 0.5) is 11.4 Å². The van der Waals surface area contributed by atoms with Crippen molar-refractivity contribution in [3.8, 4) is 0 Å². The predicted octanol–water partition coefficient (Wildman–Crippen LogP) is 3.78. The molecule has 4 aliphatic rings. The fourth-order valence-electron chi connectivity index (χ4n) is 5.59. The minimum atomic E-state index is 0.910. The number of nitrogens with zero attached hydrogens (tertiary/aromatic N) is 1. The number of anilines is 2. The van der Waals surface area contributed by atoms with Gasteiger partial charge in [0.1, 0.15) is 0 Å². The van der Waals surface area contributed by atoms with Crippen molar-refractivity contribution in [2.24, 2.45) is 29.6 Å². The van der Waals surface area contributed by atoms with Crippen LogP contribution in [-0.4, -0.2) is 13.6 Å². The lowest BCUT2D eigenvalue weighted by molar-refractivity contribution is -0.0325. The minimum Gasteiger partial charge on any atom is -0.397 e. The first kappa shape index (κ1) is 12.6. The summed E-state index contributed by atoms with van der Waals surface area (Å²) < 4.78 is 0. The summed E-state index contributed by atoms with van der Waals surface area (Å²) in [4.78, 5) is 2.41. The molecule has 2 nitrogen and oxygen atoms in total. The van der Waals surface area contributed by atoms with Crippen LogP contribution < -0.4 is 10.6 Å². The highest BCUT2D eigenvalue weighted by molar-refractivity contribution is 5.66. The predicted molar refractivity (Wildman–Crippen MR) is 84.7 cm³/mol. The largest absolute Gasteiger partial charge is 0.397 e. The average molecular weight is 270 g/mol. The molecular formula is C18H26N2. The number of para-hydroxylation sites is 2. The second-order valence-corrected chi connectivity index (χ2v) is 7.53. The molecule has 2 heteroatoms. The number of rotatable bonds is 3. The van der Waals surface area contributed by atoms with E-state index in [0.717, 1.165) is 35.3 Å². The van der Waals surface area contributed by atoms with Crippen molar-refractivity contribution in [1.29, 1.82) is 0 Å². The van der Waals surface area contributed by atoms with Crippen molar-refractivity contribution < 1.29 is 0 Å². The molecule has 1 aromatic carbocycles. The fourth-order valence-corrected chi connectivity index (χ4v) is 5.59. The fraction of sp³-hybridized carbons (Fsp3) is 0.667. The Morgan fingerprint density at radius 3 is 2.20 bits per heavy atom. The third kappa shape index (κ3) is 2.01. The van der Waals surface area contributed by atoms with Crippen molar-refractivity contribution in [2.45, 2.75) is 32.1 Å². The van der Waals surface area contributed by atoms with Crippen LogP contribution in [0, 0.1) is 29.6 Å². The smallest absolute Gasteiger partial charge is 0.0597 e. The van der Waals surface area contributed by atoms with Gasteiger partial charge in [0.2, 0.25) is 0 Å². The van der Waals surface area contributed by atoms with E-state index in [9.17, 15) is 0 Å². The SMILES string of the molecule is CN(CC1C2CC3CC(C2)CC1C3)c1ccccc1N. The first-order valence-corrected chi connectivity index (χ1v) is 8.26. The Balaban J connectivity index is 1.50. The molecule has 0 unspecified atom stereocenters. The quantitative estimate of drug-likeness (QED) is 0.847. The lowest BCUT2D eigenvalue weighted by Gasteiger charge is -2.55. The minimum absolute atomic E-state index is 0.910. The molecule has 0 aliphatic heterocycles. The maximum atomic E-state index is 6.13. The molecule has 0 atom stereocenters. The Morgan fingerprint density at radius 2 is 1.60 bits per heavy atom. The van der Waals surface area contributed by atoms with Gasteiger partial charge in [-0.05, 0) is 73.8 Å². The molecular weight excluding hydrogens is 244 g/mol. The van der Waals surface area contributed by atoms with E-state index in [1.165, 1.54) is 37.9 Å². The first-order chi connectivity index (χ1) is 9.70. The average Bonchev–Trinajstić information content (AvgIpc) is 2.42. The van der Waals surface area contributed by atoms with Gasteiger partial charge in [0.05, 0.1) is 11.4 Å². The normalized spacial score (nSPS) is 38.1. The molecule has 108 valence electrons. The van der Waals surface area contributed by atoms with Gasteiger partial charge in [-0.2, -0.15) is 0 Å². The Morgan fingerprint density at radius 1 is 1.00 bits per heavy atom. The van der Waals surface area contributed by atoms with E-state index in [-0.39, 0.29) is 0 Å². The molecule has 0 radical (unpaired) electrons. The first-order valence-electron chi connectivity index (χ1n) is 8.26. The van der Waals surface area contributed by atoms with Crippen LogP contribution in [0.5, 0.6) is 0 Å². The summed E-state index contributed by atoms with van der Waals surface area (Å²) in [7, 11) is 2.22. The Hall–Kier alpha value is -1.18. The topological polar surface area (TPSA) is 29.3 Å². The Kier molecular flexibility index (Phi) is 2.94. The molecule has 20 heavy (non-hydrogen) atoms. The number of hydrogen-bond acceptors (Lipinski definition) is 2. The molecule has 0 spiro atoms. The number of nitrogens with two attached hydrogens (primary N) is 1. The molecule has 4 saturated carbocycles. The zero-order valence-corrected chi connectivity index (χ0v) is 12.5. The second kappa shape index (κ2) is 4.68. The standard InChI is InChI=1S/C18H26N2/c1-20(18-5-3-2-4-17(18)19)11-16-14-7-12-6-13(9-14)10-15(16)8-12/h2-5,12-16H,6-11,19H2,1H3. The summed E-state index contributed by atoms with van der Waals surface area (Å²) >= 11 is 0. The van der Waals surface area contributed by atoms with Gasteiger partial charge in [0.25, 0.3) is 0 Å². The second-order valence-electron chi connectivity index (χ2n) is 7.53. The van der Waals surface area contributed by atoms with Gasteiger partial charge in [-0.15, -0.1) is 0 Å². The molecule has 4 fully saturated rings.